The molecule has 1 fully saturated rings. The molecule has 1 aliphatic rings. The Morgan fingerprint density at radius 2 is 1.79 bits per heavy atom. The summed E-state index contributed by atoms with van der Waals surface area (Å²) in [6, 6.07) is 17.8. The van der Waals surface area contributed by atoms with Gasteiger partial charge in [0.15, 0.2) is 0 Å². The molecule has 192 valence electrons. The number of hydrogen-bond acceptors (Lipinski definition) is 6. The van der Waals surface area contributed by atoms with Crippen LogP contribution in [0.1, 0.15) is 36.8 Å². The Morgan fingerprint density at radius 1 is 1.03 bits per heavy atom. The van der Waals surface area contributed by atoms with Gasteiger partial charge in [-0.3, -0.25) is 14.6 Å². The number of aromatic nitrogens is 4. The van der Waals surface area contributed by atoms with Crippen molar-refractivity contribution in [1.82, 2.24) is 25.1 Å². The maximum absolute atomic E-state index is 13.5. The van der Waals surface area contributed by atoms with Crippen LogP contribution in [0.4, 0.5) is 16.3 Å². The van der Waals surface area contributed by atoms with Gasteiger partial charge in [0.25, 0.3) is 0 Å². The molecule has 2 amide bonds. The molecule has 1 aliphatic carbocycles. The van der Waals surface area contributed by atoms with Gasteiger partial charge in [0.2, 0.25) is 0 Å². The fourth-order valence-corrected chi connectivity index (χ4v) is 4.88. The third kappa shape index (κ3) is 5.98. The van der Waals surface area contributed by atoms with Crippen molar-refractivity contribution in [2.75, 3.05) is 10.2 Å². The van der Waals surface area contributed by atoms with Crippen molar-refractivity contribution in [2.45, 2.75) is 44.3 Å². The summed E-state index contributed by atoms with van der Waals surface area (Å²) < 4.78 is 1.78. The monoisotopic (exact) mass is 506 g/mol. The Labute approximate surface area is 222 Å². The molecule has 4 aromatic rings. The van der Waals surface area contributed by atoms with Crippen LogP contribution >= 0.6 is 0 Å². The van der Waals surface area contributed by atoms with E-state index < -0.39 is 0 Å². The number of urea groups is 1. The molecule has 1 saturated carbocycles. The van der Waals surface area contributed by atoms with Gasteiger partial charge in [-0.15, -0.1) is 0 Å². The van der Waals surface area contributed by atoms with Crippen LogP contribution in [0.25, 0.3) is 11.1 Å². The van der Waals surface area contributed by atoms with Crippen LogP contribution in [-0.2, 0) is 13.6 Å². The zero-order valence-corrected chi connectivity index (χ0v) is 21.3. The molecule has 0 bridgehead atoms. The number of carbonyl (C=O) groups is 1. The van der Waals surface area contributed by atoms with Crippen molar-refractivity contribution < 1.29 is 4.79 Å². The fraction of sp³-hybridized carbons (Fsp3) is 0.276. The minimum absolute atomic E-state index is 0.0728. The minimum atomic E-state index is -0.110. The molecule has 0 radical (unpaired) electrons. The lowest BCUT2D eigenvalue weighted by Crippen LogP contribution is -2.48. The molecule has 3 aromatic heterocycles. The van der Waals surface area contributed by atoms with Crippen molar-refractivity contribution in [3.8, 4) is 17.2 Å². The van der Waals surface area contributed by atoms with Gasteiger partial charge in [-0.25, -0.2) is 9.78 Å². The topological polar surface area (TPSA) is 112 Å². The summed E-state index contributed by atoms with van der Waals surface area (Å²) in [7, 11) is 1.90. The summed E-state index contributed by atoms with van der Waals surface area (Å²) in [4.78, 5) is 23.8. The van der Waals surface area contributed by atoms with E-state index in [1.54, 1.807) is 29.3 Å². The second kappa shape index (κ2) is 11.6. The number of anilines is 2. The highest BCUT2D eigenvalue weighted by Crippen LogP contribution is 2.31. The van der Waals surface area contributed by atoms with Gasteiger partial charge in [0.05, 0.1) is 11.8 Å². The Morgan fingerprint density at radius 3 is 2.42 bits per heavy atom. The Kier molecular flexibility index (Phi) is 7.59. The van der Waals surface area contributed by atoms with Crippen LogP contribution in [0.15, 0.2) is 79.5 Å². The fourth-order valence-electron chi connectivity index (χ4n) is 4.88. The number of amides is 2. The predicted octanol–water partition coefficient (Wildman–Crippen LogP) is 4.89. The molecule has 2 N–H and O–H groups in total. The Hall–Kier alpha value is -4.71. The van der Waals surface area contributed by atoms with Crippen molar-refractivity contribution in [3.05, 3.63) is 90.6 Å². The van der Waals surface area contributed by atoms with Crippen LogP contribution in [0.5, 0.6) is 0 Å². The van der Waals surface area contributed by atoms with E-state index >= 15 is 0 Å². The first-order chi connectivity index (χ1) is 18.6. The summed E-state index contributed by atoms with van der Waals surface area (Å²) in [5.74, 6) is 0.769. The molecule has 0 spiro atoms. The number of nitrogens with one attached hydrogen (secondary N) is 2. The van der Waals surface area contributed by atoms with Crippen molar-refractivity contribution in [3.63, 3.8) is 0 Å². The quantitative estimate of drug-likeness (QED) is 0.369. The number of benzene rings is 1. The van der Waals surface area contributed by atoms with E-state index in [9.17, 15) is 4.79 Å². The summed E-state index contributed by atoms with van der Waals surface area (Å²) in [5.41, 5.74) is 4.51. The highest BCUT2D eigenvalue weighted by Gasteiger charge is 2.30. The molecule has 3 heterocycles. The summed E-state index contributed by atoms with van der Waals surface area (Å²) in [6.07, 6.45) is 12.4. The van der Waals surface area contributed by atoms with Gasteiger partial charge in [0, 0.05) is 61.7 Å². The predicted molar refractivity (Wildman–Crippen MR) is 146 cm³/mol. The van der Waals surface area contributed by atoms with Crippen molar-refractivity contribution >= 4 is 17.5 Å². The average Bonchev–Trinajstić information content (AvgIpc) is 3.40. The van der Waals surface area contributed by atoms with Gasteiger partial charge in [0.1, 0.15) is 11.9 Å². The zero-order chi connectivity index (χ0) is 26.3. The third-order valence-electron chi connectivity index (χ3n) is 6.90. The molecule has 5 rings (SSSR count). The molecule has 9 nitrogen and oxygen atoms in total. The number of carbonyl (C=O) groups excluding carboxylic acids is 1. The molecular weight excluding hydrogens is 476 g/mol. The number of nitrogens with zero attached hydrogens (tertiary/aromatic N) is 6. The van der Waals surface area contributed by atoms with Crippen molar-refractivity contribution in [1.29, 1.82) is 5.26 Å². The molecule has 38 heavy (non-hydrogen) atoms. The van der Waals surface area contributed by atoms with Crippen LogP contribution in [-0.4, -0.2) is 37.9 Å². The smallest absolute Gasteiger partial charge is 0.322 e. The maximum Gasteiger partial charge on any atom is 0.322 e. The van der Waals surface area contributed by atoms with E-state index in [-0.39, 0.29) is 18.1 Å². The average molecular weight is 507 g/mol. The second-order valence-electron chi connectivity index (χ2n) is 9.53. The standard InChI is InChI=1S/C29H30N8O/c1-36-20-24(19-34-36)23-3-7-26(8-4-23)37(29(38)33-17-21-12-14-31-15-13-21)27-9-5-25(6-10-27)35-28-11-2-22(16-30)18-32-28/h2-4,7-8,11-15,18-20,25,27H,5-6,9-10,17H2,1H3,(H,32,35)(H,33,38)/t25-,27-. The Balaban J connectivity index is 1.29. The lowest BCUT2D eigenvalue weighted by molar-refractivity contribution is 0.240. The van der Waals surface area contributed by atoms with Crippen LogP contribution in [0, 0.1) is 11.3 Å². The first-order valence-electron chi connectivity index (χ1n) is 12.8. The van der Waals surface area contributed by atoms with E-state index in [2.05, 4.69) is 31.8 Å². The molecular formula is C29H30N8O. The van der Waals surface area contributed by atoms with Gasteiger partial charge in [-0.1, -0.05) is 12.1 Å². The maximum atomic E-state index is 13.5. The van der Waals surface area contributed by atoms with E-state index in [1.807, 2.05) is 66.8 Å². The van der Waals surface area contributed by atoms with E-state index in [4.69, 9.17) is 5.26 Å². The molecule has 0 atom stereocenters. The molecule has 1 aromatic carbocycles. The van der Waals surface area contributed by atoms with Gasteiger partial charge in [-0.05, 0) is 73.2 Å². The summed E-state index contributed by atoms with van der Waals surface area (Å²) in [5, 5.41) is 19.8. The summed E-state index contributed by atoms with van der Waals surface area (Å²) >= 11 is 0. The number of nitriles is 1. The molecule has 0 saturated heterocycles. The molecule has 0 unspecified atom stereocenters. The third-order valence-corrected chi connectivity index (χ3v) is 6.90. The highest BCUT2D eigenvalue weighted by molar-refractivity contribution is 5.93. The number of aryl methyl sites for hydroxylation is 1. The molecule has 0 aliphatic heterocycles. The van der Waals surface area contributed by atoms with Gasteiger partial charge in [-0.2, -0.15) is 10.4 Å². The first-order valence-corrected chi connectivity index (χ1v) is 12.8. The van der Waals surface area contributed by atoms with E-state index in [0.29, 0.717) is 12.1 Å². The summed E-state index contributed by atoms with van der Waals surface area (Å²) in [6.45, 7) is 0.437. The normalized spacial score (nSPS) is 16.8. The second-order valence-corrected chi connectivity index (χ2v) is 9.53. The number of pyridine rings is 2. The van der Waals surface area contributed by atoms with E-state index in [0.717, 1.165) is 53.9 Å². The lowest BCUT2D eigenvalue weighted by Gasteiger charge is -2.37. The van der Waals surface area contributed by atoms with Crippen LogP contribution in [0.2, 0.25) is 0 Å². The van der Waals surface area contributed by atoms with Crippen LogP contribution in [0.3, 0.4) is 0 Å². The molecule has 9 heteroatoms. The van der Waals surface area contributed by atoms with Gasteiger partial charge >= 0.3 is 6.03 Å². The lowest BCUT2D eigenvalue weighted by atomic mass is 9.89. The Bertz CT molecular complexity index is 1390. The van der Waals surface area contributed by atoms with E-state index in [1.165, 1.54) is 0 Å². The van der Waals surface area contributed by atoms with Crippen LogP contribution < -0.4 is 15.5 Å². The number of rotatable bonds is 7. The minimum Gasteiger partial charge on any atom is -0.367 e. The van der Waals surface area contributed by atoms with Crippen molar-refractivity contribution in [2.24, 2.45) is 7.05 Å². The largest absolute Gasteiger partial charge is 0.367 e. The SMILES string of the molecule is Cn1cc(-c2ccc(N(C(=O)NCc3ccncc3)[C@H]3CC[C@H](Nc4ccc(C#N)cn4)CC3)cc2)cn1. The zero-order valence-electron chi connectivity index (χ0n) is 21.3. The first kappa shape index (κ1) is 25.0. The highest BCUT2D eigenvalue weighted by atomic mass is 16.2. The number of hydrogen-bond donors (Lipinski definition) is 2. The van der Waals surface area contributed by atoms with Gasteiger partial charge < -0.3 is 10.6 Å².